The lowest BCUT2D eigenvalue weighted by Crippen LogP contribution is -2.39. The maximum absolute atomic E-state index is 13.3. The molecule has 0 aliphatic rings. The van der Waals surface area contributed by atoms with Gasteiger partial charge in [-0.25, -0.2) is 9.37 Å². The van der Waals surface area contributed by atoms with Crippen molar-refractivity contribution < 1.29 is 18.7 Å². The monoisotopic (exact) mass is 491 g/mol. The number of likely N-dealkylation sites (N-methyl/N-ethyl adjacent to an activating group) is 1. The van der Waals surface area contributed by atoms with Gasteiger partial charge in [0.2, 0.25) is 5.91 Å². The van der Waals surface area contributed by atoms with E-state index in [-0.39, 0.29) is 11.7 Å². The smallest absolute Gasteiger partial charge is 0.229 e. The molecule has 6 nitrogen and oxygen atoms in total. The van der Waals surface area contributed by atoms with Crippen LogP contribution in [0.5, 0.6) is 11.5 Å². The minimum absolute atomic E-state index is 0.00811. The van der Waals surface area contributed by atoms with Gasteiger partial charge in [-0.05, 0) is 49.5 Å². The summed E-state index contributed by atoms with van der Waals surface area (Å²) in [6.07, 6.45) is 0.352. The molecule has 178 valence electrons. The molecular formula is C24H30FN3O3S2. The lowest BCUT2D eigenvalue weighted by molar-refractivity contribution is -0.118. The highest BCUT2D eigenvalue weighted by Gasteiger charge is 2.23. The van der Waals surface area contributed by atoms with Crippen LogP contribution >= 0.6 is 23.1 Å². The van der Waals surface area contributed by atoms with Crippen molar-refractivity contribution in [3.05, 3.63) is 42.2 Å². The largest absolute Gasteiger partial charge is 0.495 e. The highest BCUT2D eigenvalue weighted by molar-refractivity contribution is 7.99. The molecule has 0 aliphatic heterocycles. The Kier molecular flexibility index (Phi) is 9.34. The molecule has 0 unspecified atom stereocenters. The number of fused-ring (bicyclic) bond motifs is 1. The van der Waals surface area contributed by atoms with Gasteiger partial charge in [0.1, 0.15) is 27.5 Å². The van der Waals surface area contributed by atoms with Gasteiger partial charge in [0.15, 0.2) is 5.13 Å². The number of carbonyl (C=O) groups excluding carboxylic acids is 1. The Labute approximate surface area is 202 Å². The molecule has 0 aliphatic carbocycles. The van der Waals surface area contributed by atoms with E-state index in [0.717, 1.165) is 29.2 Å². The fourth-order valence-corrected chi connectivity index (χ4v) is 5.38. The molecule has 0 saturated carbocycles. The molecule has 0 N–H and O–H groups in total. The number of benzene rings is 2. The standard InChI is InChI=1S/C24H30FN3O3S2/c1-5-27(6-2)14-15-28(21(29)13-16-32-18-9-7-17(25)8-10-18)24-26-22-19(30-3)11-12-20(31-4)23(22)33-24/h7-12H,5-6,13-16H2,1-4H3. The van der Waals surface area contributed by atoms with Crippen LogP contribution in [-0.4, -0.2) is 61.9 Å². The number of hydrogen-bond donors (Lipinski definition) is 0. The molecule has 1 amide bonds. The molecule has 3 aromatic rings. The zero-order valence-electron chi connectivity index (χ0n) is 19.5. The molecule has 1 aromatic heterocycles. The molecule has 0 bridgehead atoms. The van der Waals surface area contributed by atoms with Crippen LogP contribution in [0, 0.1) is 5.82 Å². The summed E-state index contributed by atoms with van der Waals surface area (Å²) >= 11 is 2.97. The zero-order valence-corrected chi connectivity index (χ0v) is 21.1. The Balaban J connectivity index is 1.82. The highest BCUT2D eigenvalue weighted by atomic mass is 32.2. The number of amides is 1. The average Bonchev–Trinajstić information content (AvgIpc) is 3.27. The van der Waals surface area contributed by atoms with Gasteiger partial charge in [-0.15, -0.1) is 11.8 Å². The summed E-state index contributed by atoms with van der Waals surface area (Å²) in [4.78, 5) is 23.1. The Morgan fingerprint density at radius 3 is 2.33 bits per heavy atom. The predicted molar refractivity (Wildman–Crippen MR) is 135 cm³/mol. The Hall–Kier alpha value is -2.36. The normalized spacial score (nSPS) is 11.2. The third kappa shape index (κ3) is 6.37. The van der Waals surface area contributed by atoms with Crippen molar-refractivity contribution in [1.82, 2.24) is 9.88 Å². The fraction of sp³-hybridized carbons (Fsp3) is 0.417. The molecule has 3 rings (SSSR count). The summed E-state index contributed by atoms with van der Waals surface area (Å²) in [6, 6.07) is 10.0. The van der Waals surface area contributed by atoms with Crippen LogP contribution in [0.4, 0.5) is 9.52 Å². The molecule has 1 heterocycles. The van der Waals surface area contributed by atoms with Crippen LogP contribution < -0.4 is 14.4 Å². The van der Waals surface area contributed by atoms with Crippen LogP contribution in [0.15, 0.2) is 41.3 Å². The number of thioether (sulfide) groups is 1. The second-order valence-electron chi connectivity index (χ2n) is 7.27. The van der Waals surface area contributed by atoms with Crippen molar-refractivity contribution >= 4 is 44.4 Å². The minimum atomic E-state index is -0.264. The van der Waals surface area contributed by atoms with Gasteiger partial charge in [-0.3, -0.25) is 9.69 Å². The van der Waals surface area contributed by atoms with E-state index in [0.29, 0.717) is 40.9 Å². The van der Waals surface area contributed by atoms with E-state index in [1.165, 1.54) is 35.2 Å². The van der Waals surface area contributed by atoms with E-state index in [1.807, 2.05) is 12.1 Å². The van der Waals surface area contributed by atoms with Crippen molar-refractivity contribution in [2.75, 3.05) is 51.1 Å². The Morgan fingerprint density at radius 1 is 1.03 bits per heavy atom. The highest BCUT2D eigenvalue weighted by Crippen LogP contribution is 2.40. The van der Waals surface area contributed by atoms with E-state index in [9.17, 15) is 9.18 Å². The SMILES string of the molecule is CCN(CC)CCN(C(=O)CCSc1ccc(F)cc1)c1nc2c(OC)ccc(OC)c2s1. The zero-order chi connectivity index (χ0) is 23.8. The second kappa shape index (κ2) is 12.2. The number of carbonyl (C=O) groups is 1. The van der Waals surface area contributed by atoms with Crippen molar-refractivity contribution in [2.24, 2.45) is 0 Å². The number of aromatic nitrogens is 1. The van der Waals surface area contributed by atoms with Crippen molar-refractivity contribution in [3.63, 3.8) is 0 Å². The second-order valence-corrected chi connectivity index (χ2v) is 9.41. The molecule has 0 atom stereocenters. The number of anilines is 1. The van der Waals surface area contributed by atoms with Crippen molar-refractivity contribution in [3.8, 4) is 11.5 Å². The number of hydrogen-bond acceptors (Lipinski definition) is 7. The van der Waals surface area contributed by atoms with Crippen LogP contribution in [0.1, 0.15) is 20.3 Å². The topological polar surface area (TPSA) is 54.9 Å². The molecular weight excluding hydrogens is 461 g/mol. The Morgan fingerprint density at radius 2 is 1.70 bits per heavy atom. The first-order chi connectivity index (χ1) is 16.0. The van der Waals surface area contributed by atoms with Gasteiger partial charge in [-0.2, -0.15) is 0 Å². The molecule has 0 radical (unpaired) electrons. The van der Waals surface area contributed by atoms with E-state index in [1.54, 1.807) is 31.3 Å². The van der Waals surface area contributed by atoms with E-state index in [4.69, 9.17) is 14.5 Å². The number of rotatable bonds is 12. The number of nitrogens with zero attached hydrogens (tertiary/aromatic N) is 3. The molecule has 2 aromatic carbocycles. The average molecular weight is 492 g/mol. The lowest BCUT2D eigenvalue weighted by atomic mass is 10.3. The third-order valence-corrected chi connectivity index (χ3v) is 7.47. The fourth-order valence-electron chi connectivity index (χ4n) is 3.42. The van der Waals surface area contributed by atoms with Crippen LogP contribution in [0.25, 0.3) is 10.2 Å². The van der Waals surface area contributed by atoms with Crippen LogP contribution in [-0.2, 0) is 4.79 Å². The third-order valence-electron chi connectivity index (χ3n) is 5.36. The first kappa shape index (κ1) is 25.3. The predicted octanol–water partition coefficient (Wildman–Crippen LogP) is 5.31. The lowest BCUT2D eigenvalue weighted by Gasteiger charge is -2.24. The van der Waals surface area contributed by atoms with Gasteiger partial charge < -0.3 is 14.4 Å². The van der Waals surface area contributed by atoms with Crippen LogP contribution in [0.3, 0.4) is 0 Å². The summed E-state index contributed by atoms with van der Waals surface area (Å²) in [5, 5.41) is 0.636. The maximum atomic E-state index is 13.3. The number of methoxy groups -OCH3 is 2. The summed E-state index contributed by atoms with van der Waals surface area (Å²) < 4.78 is 25.0. The molecule has 9 heteroatoms. The summed E-state index contributed by atoms with van der Waals surface area (Å²) in [5.74, 6) is 1.70. The molecule has 0 spiro atoms. The van der Waals surface area contributed by atoms with Gasteiger partial charge in [-0.1, -0.05) is 25.2 Å². The van der Waals surface area contributed by atoms with E-state index >= 15 is 0 Å². The molecule has 0 fully saturated rings. The van der Waals surface area contributed by atoms with Crippen LogP contribution in [0.2, 0.25) is 0 Å². The van der Waals surface area contributed by atoms with Gasteiger partial charge in [0.25, 0.3) is 0 Å². The maximum Gasteiger partial charge on any atom is 0.229 e. The summed E-state index contributed by atoms with van der Waals surface area (Å²) in [7, 11) is 3.23. The summed E-state index contributed by atoms with van der Waals surface area (Å²) in [5.41, 5.74) is 0.693. The first-order valence-corrected chi connectivity index (χ1v) is 12.7. The van der Waals surface area contributed by atoms with E-state index in [2.05, 4.69) is 18.7 Å². The van der Waals surface area contributed by atoms with Crippen molar-refractivity contribution in [1.29, 1.82) is 0 Å². The van der Waals surface area contributed by atoms with E-state index < -0.39 is 0 Å². The molecule has 0 saturated heterocycles. The number of halogens is 1. The quantitative estimate of drug-likeness (QED) is 0.320. The number of thiazole rings is 1. The van der Waals surface area contributed by atoms with Crippen molar-refractivity contribution in [2.45, 2.75) is 25.2 Å². The molecule has 33 heavy (non-hydrogen) atoms. The van der Waals surface area contributed by atoms with Gasteiger partial charge in [0, 0.05) is 30.2 Å². The Bertz CT molecular complexity index is 1010. The number of ether oxygens (including phenoxy) is 2. The minimum Gasteiger partial charge on any atom is -0.495 e. The van der Waals surface area contributed by atoms with Gasteiger partial charge in [0.05, 0.1) is 14.2 Å². The summed E-state index contributed by atoms with van der Waals surface area (Å²) in [6.45, 7) is 7.37. The van der Waals surface area contributed by atoms with Gasteiger partial charge >= 0.3 is 0 Å². The first-order valence-electron chi connectivity index (χ1n) is 10.9.